The van der Waals surface area contributed by atoms with Gasteiger partial charge in [0, 0.05) is 14.1 Å². The maximum Gasteiger partial charge on any atom is 1.00 e. The molecule has 0 saturated heterocycles. The van der Waals surface area contributed by atoms with E-state index in [9.17, 15) is 9.59 Å². The SMILES string of the molecule is Cn1c(=O)c2[nH]c(Cl)nc2n(C)c1=O.[Na+]. The van der Waals surface area contributed by atoms with Crippen LogP contribution in [0.25, 0.3) is 11.2 Å². The summed E-state index contributed by atoms with van der Waals surface area (Å²) in [6.07, 6.45) is 0. The van der Waals surface area contributed by atoms with Crippen LogP contribution in [0.2, 0.25) is 5.28 Å². The van der Waals surface area contributed by atoms with Gasteiger partial charge in [-0.25, -0.2) is 4.79 Å². The number of aromatic nitrogens is 4. The molecular weight excluding hydrogens is 231 g/mol. The Balaban J connectivity index is 0.00000112. The smallest absolute Gasteiger partial charge is 0.323 e. The molecule has 2 rings (SSSR count). The maximum absolute atomic E-state index is 11.5. The first-order valence-corrected chi connectivity index (χ1v) is 4.21. The Kier molecular flexibility index (Phi) is 3.44. The van der Waals surface area contributed by atoms with Crippen LogP contribution in [0.4, 0.5) is 0 Å². The van der Waals surface area contributed by atoms with Gasteiger partial charge in [0.05, 0.1) is 0 Å². The molecule has 0 aliphatic rings. The summed E-state index contributed by atoms with van der Waals surface area (Å²) in [5.41, 5.74) is -0.351. The predicted octanol–water partition coefficient (Wildman–Crippen LogP) is -3.38. The van der Waals surface area contributed by atoms with Gasteiger partial charge in [-0.1, -0.05) is 0 Å². The Bertz CT molecular complexity index is 626. The van der Waals surface area contributed by atoms with E-state index in [0.29, 0.717) is 0 Å². The number of rotatable bonds is 0. The van der Waals surface area contributed by atoms with Gasteiger partial charge >= 0.3 is 35.2 Å². The fourth-order valence-corrected chi connectivity index (χ4v) is 1.47. The van der Waals surface area contributed by atoms with E-state index in [0.717, 1.165) is 4.57 Å². The molecule has 0 spiro atoms. The second-order valence-corrected chi connectivity index (χ2v) is 3.29. The van der Waals surface area contributed by atoms with Crippen LogP contribution in [0.5, 0.6) is 0 Å². The monoisotopic (exact) mass is 237 g/mol. The summed E-state index contributed by atoms with van der Waals surface area (Å²) < 4.78 is 2.26. The van der Waals surface area contributed by atoms with E-state index in [1.165, 1.54) is 18.7 Å². The summed E-state index contributed by atoms with van der Waals surface area (Å²) in [6.45, 7) is 0. The van der Waals surface area contributed by atoms with Crippen LogP contribution in [-0.2, 0) is 14.1 Å². The summed E-state index contributed by atoms with van der Waals surface area (Å²) in [5, 5.41) is 0.0956. The molecule has 0 radical (unpaired) electrons. The molecule has 2 heterocycles. The largest absolute Gasteiger partial charge is 1.00 e. The number of aromatic amines is 1. The van der Waals surface area contributed by atoms with Crippen molar-refractivity contribution in [3.8, 4) is 0 Å². The van der Waals surface area contributed by atoms with Gasteiger partial charge in [-0.15, -0.1) is 0 Å². The Morgan fingerprint density at radius 1 is 1.27 bits per heavy atom. The molecule has 15 heavy (non-hydrogen) atoms. The molecule has 0 aliphatic heterocycles. The minimum atomic E-state index is -0.428. The van der Waals surface area contributed by atoms with Crippen molar-refractivity contribution in [1.82, 2.24) is 19.1 Å². The second-order valence-electron chi connectivity index (χ2n) is 2.93. The van der Waals surface area contributed by atoms with E-state index in [1.54, 1.807) is 0 Å². The average molecular weight is 238 g/mol. The molecule has 0 amide bonds. The van der Waals surface area contributed by atoms with E-state index in [1.807, 2.05) is 0 Å². The molecule has 8 heteroatoms. The molecule has 0 fully saturated rings. The Morgan fingerprint density at radius 3 is 2.47 bits per heavy atom. The van der Waals surface area contributed by atoms with Gasteiger partial charge in [0.15, 0.2) is 11.2 Å². The maximum atomic E-state index is 11.5. The van der Waals surface area contributed by atoms with Gasteiger partial charge < -0.3 is 4.98 Å². The van der Waals surface area contributed by atoms with Gasteiger partial charge in [0.25, 0.3) is 5.56 Å². The molecule has 74 valence electrons. The van der Waals surface area contributed by atoms with E-state index >= 15 is 0 Å². The van der Waals surface area contributed by atoms with Crippen molar-refractivity contribution in [3.05, 3.63) is 26.1 Å². The number of halogens is 1. The van der Waals surface area contributed by atoms with Crippen molar-refractivity contribution >= 4 is 22.8 Å². The van der Waals surface area contributed by atoms with Gasteiger partial charge in [0.1, 0.15) is 0 Å². The topological polar surface area (TPSA) is 72.7 Å². The summed E-state index contributed by atoms with van der Waals surface area (Å²) in [6, 6.07) is 0. The van der Waals surface area contributed by atoms with Crippen LogP contribution >= 0.6 is 11.6 Å². The van der Waals surface area contributed by atoms with Gasteiger partial charge in [-0.05, 0) is 11.6 Å². The molecule has 1 N–H and O–H groups in total. The van der Waals surface area contributed by atoms with Crippen LogP contribution in [0.3, 0.4) is 0 Å². The fourth-order valence-electron chi connectivity index (χ4n) is 1.30. The van der Waals surface area contributed by atoms with E-state index in [4.69, 9.17) is 11.6 Å². The number of aryl methyl sites for hydroxylation is 1. The summed E-state index contributed by atoms with van der Waals surface area (Å²) in [5.74, 6) is 0. The Labute approximate surface area is 111 Å². The first-order valence-electron chi connectivity index (χ1n) is 3.83. The van der Waals surface area contributed by atoms with Gasteiger partial charge in [-0.3, -0.25) is 13.9 Å². The van der Waals surface area contributed by atoms with Crippen molar-refractivity contribution in [2.24, 2.45) is 14.1 Å². The molecular formula is C7H7ClN4NaO2+. The van der Waals surface area contributed by atoms with Crippen LogP contribution < -0.4 is 40.8 Å². The van der Waals surface area contributed by atoms with Crippen LogP contribution in [0, 0.1) is 0 Å². The number of H-pyrrole nitrogens is 1. The third-order valence-electron chi connectivity index (χ3n) is 2.07. The number of imidazole rings is 1. The standard InChI is InChI=1S/C7H7ClN4O2.Na/c1-11-4-3(9-6(8)10-4)5(13)12(2)7(11)14;/h1-2H3,(H,9,10);/q;+1. The van der Waals surface area contributed by atoms with Crippen molar-refractivity contribution in [2.45, 2.75) is 0 Å². The van der Waals surface area contributed by atoms with Crippen LogP contribution in [0.15, 0.2) is 9.59 Å². The summed E-state index contributed by atoms with van der Waals surface area (Å²) >= 11 is 5.60. The minimum Gasteiger partial charge on any atom is -0.323 e. The molecule has 0 unspecified atom stereocenters. The summed E-state index contributed by atoms with van der Waals surface area (Å²) in [4.78, 5) is 29.4. The zero-order chi connectivity index (χ0) is 10.5. The Morgan fingerprint density at radius 2 is 1.87 bits per heavy atom. The third-order valence-corrected chi connectivity index (χ3v) is 2.24. The molecule has 0 aliphatic carbocycles. The number of fused-ring (bicyclic) bond motifs is 1. The number of hydrogen-bond donors (Lipinski definition) is 1. The molecule has 0 bridgehead atoms. The normalized spacial score (nSPS) is 10.3. The molecule has 6 nitrogen and oxygen atoms in total. The van der Waals surface area contributed by atoms with E-state index < -0.39 is 11.2 Å². The molecule has 2 aromatic heterocycles. The van der Waals surface area contributed by atoms with E-state index in [-0.39, 0.29) is 46.0 Å². The quantitative estimate of drug-likeness (QED) is 0.384. The van der Waals surface area contributed by atoms with Gasteiger partial charge in [0.2, 0.25) is 5.28 Å². The van der Waals surface area contributed by atoms with Crippen LogP contribution in [0.1, 0.15) is 0 Å². The van der Waals surface area contributed by atoms with Crippen molar-refractivity contribution in [2.75, 3.05) is 0 Å². The number of nitrogens with zero attached hydrogens (tertiary/aromatic N) is 3. The van der Waals surface area contributed by atoms with Crippen molar-refractivity contribution in [3.63, 3.8) is 0 Å². The first-order chi connectivity index (χ1) is 6.52. The zero-order valence-electron chi connectivity index (χ0n) is 8.54. The third kappa shape index (κ3) is 1.78. The zero-order valence-corrected chi connectivity index (χ0v) is 11.3. The molecule has 0 aromatic carbocycles. The molecule has 0 saturated carbocycles. The molecule has 2 aromatic rings. The summed E-state index contributed by atoms with van der Waals surface area (Å²) in [7, 11) is 2.93. The second kappa shape index (κ2) is 4.13. The number of hydrogen-bond acceptors (Lipinski definition) is 3. The predicted molar refractivity (Wildman–Crippen MR) is 51.6 cm³/mol. The fraction of sp³-hybridized carbons (Fsp3) is 0.286. The number of nitrogens with one attached hydrogen (secondary N) is 1. The van der Waals surface area contributed by atoms with Crippen molar-refractivity contribution < 1.29 is 29.6 Å². The average Bonchev–Trinajstić information content (AvgIpc) is 2.54. The molecule has 0 atom stereocenters. The van der Waals surface area contributed by atoms with Crippen LogP contribution in [-0.4, -0.2) is 19.1 Å². The Hall–Kier alpha value is -0.560. The first kappa shape index (κ1) is 12.5. The van der Waals surface area contributed by atoms with E-state index in [2.05, 4.69) is 9.97 Å². The minimum absolute atomic E-state index is 0. The van der Waals surface area contributed by atoms with Crippen molar-refractivity contribution in [1.29, 1.82) is 0 Å². The van der Waals surface area contributed by atoms with Gasteiger partial charge in [-0.2, -0.15) is 4.98 Å².